The van der Waals surface area contributed by atoms with Crippen molar-refractivity contribution in [1.82, 2.24) is 19.4 Å². The molecule has 1 amide bonds. The Labute approximate surface area is 140 Å². The van der Waals surface area contributed by atoms with Crippen LogP contribution in [-0.4, -0.2) is 63.8 Å². The number of nitrogens with one attached hydrogen (secondary N) is 1. The second-order valence-electron chi connectivity index (χ2n) is 6.72. The summed E-state index contributed by atoms with van der Waals surface area (Å²) in [5, 5.41) is 9.45. The highest BCUT2D eigenvalue weighted by Gasteiger charge is 2.33. The molecule has 7 heteroatoms. The first kappa shape index (κ1) is 16.6. The van der Waals surface area contributed by atoms with Crippen molar-refractivity contribution in [2.24, 2.45) is 0 Å². The Kier molecular flexibility index (Phi) is 4.62. The number of fused-ring (bicyclic) bond motifs is 1. The number of H-pyrrole nitrogens is 1. The maximum Gasteiger partial charge on any atom is 0.407 e. The minimum Gasteiger partial charge on any atom is -0.465 e. The van der Waals surface area contributed by atoms with Crippen LogP contribution in [0.5, 0.6) is 0 Å². The van der Waals surface area contributed by atoms with Gasteiger partial charge in [0.15, 0.2) is 0 Å². The molecule has 1 aliphatic rings. The zero-order chi connectivity index (χ0) is 17.3. The Bertz CT molecular complexity index is 779. The number of aromatic amines is 1. The highest BCUT2D eigenvalue weighted by molar-refractivity contribution is 5.75. The first-order valence-electron chi connectivity index (χ1n) is 8.31. The third kappa shape index (κ3) is 3.17. The molecule has 2 heterocycles. The Hall–Kier alpha value is -2.28. The Balaban J connectivity index is 1.88. The fraction of sp³-hybridized carbons (Fsp3) is 0.529. The van der Waals surface area contributed by atoms with Crippen molar-refractivity contribution in [3.63, 3.8) is 0 Å². The summed E-state index contributed by atoms with van der Waals surface area (Å²) in [6.45, 7) is 1.29. The topological polar surface area (TPSA) is 81.6 Å². The van der Waals surface area contributed by atoms with Crippen molar-refractivity contribution in [3.05, 3.63) is 34.7 Å². The minimum atomic E-state index is -0.872. The number of hydrogen-bond acceptors (Lipinski definition) is 3. The van der Waals surface area contributed by atoms with E-state index in [0.717, 1.165) is 24.0 Å². The number of piperidine rings is 1. The average molecular weight is 332 g/mol. The van der Waals surface area contributed by atoms with Crippen LogP contribution in [0.4, 0.5) is 4.79 Å². The van der Waals surface area contributed by atoms with Gasteiger partial charge in [-0.25, -0.2) is 9.59 Å². The van der Waals surface area contributed by atoms with Crippen molar-refractivity contribution in [2.45, 2.75) is 31.3 Å². The molecule has 2 N–H and O–H groups in total. The fourth-order valence-electron chi connectivity index (χ4n) is 3.63. The van der Waals surface area contributed by atoms with Gasteiger partial charge < -0.3 is 19.9 Å². The minimum absolute atomic E-state index is 0.0245. The van der Waals surface area contributed by atoms with Crippen LogP contribution in [-0.2, 0) is 0 Å². The Morgan fingerprint density at radius 3 is 2.83 bits per heavy atom. The van der Waals surface area contributed by atoms with Crippen LogP contribution in [0.3, 0.4) is 0 Å². The number of carboxylic acid groups (broad SMARTS) is 1. The largest absolute Gasteiger partial charge is 0.465 e. The monoisotopic (exact) mass is 332 g/mol. The van der Waals surface area contributed by atoms with E-state index >= 15 is 0 Å². The van der Waals surface area contributed by atoms with Gasteiger partial charge in [0.1, 0.15) is 0 Å². The highest BCUT2D eigenvalue weighted by Crippen LogP contribution is 2.30. The number of para-hydroxylation sites is 2. The number of likely N-dealkylation sites (tertiary alicyclic amines) is 1. The van der Waals surface area contributed by atoms with Gasteiger partial charge in [-0.1, -0.05) is 12.1 Å². The van der Waals surface area contributed by atoms with Gasteiger partial charge in [-0.2, -0.15) is 0 Å². The molecule has 0 spiro atoms. The van der Waals surface area contributed by atoms with Gasteiger partial charge in [0.2, 0.25) is 0 Å². The molecular formula is C17H24N4O3. The van der Waals surface area contributed by atoms with Crippen molar-refractivity contribution in [2.75, 3.05) is 27.2 Å². The quantitative estimate of drug-likeness (QED) is 0.897. The molecule has 2 aromatic rings. The van der Waals surface area contributed by atoms with Gasteiger partial charge in [-0.05, 0) is 52.0 Å². The van der Waals surface area contributed by atoms with E-state index in [1.807, 2.05) is 38.4 Å². The maximum atomic E-state index is 12.4. The van der Waals surface area contributed by atoms with Crippen LogP contribution < -0.4 is 5.69 Å². The van der Waals surface area contributed by atoms with Crippen LogP contribution in [0, 0.1) is 0 Å². The van der Waals surface area contributed by atoms with E-state index in [-0.39, 0.29) is 17.8 Å². The van der Waals surface area contributed by atoms with E-state index in [2.05, 4.69) is 9.88 Å². The highest BCUT2D eigenvalue weighted by atomic mass is 16.4. The molecule has 1 aromatic heterocycles. The summed E-state index contributed by atoms with van der Waals surface area (Å²) in [4.78, 5) is 30.4. The second-order valence-corrected chi connectivity index (χ2v) is 6.72. The van der Waals surface area contributed by atoms with Crippen molar-refractivity contribution in [3.8, 4) is 0 Å². The molecule has 130 valence electrons. The zero-order valence-corrected chi connectivity index (χ0v) is 14.1. The predicted molar refractivity (Wildman–Crippen MR) is 92.5 cm³/mol. The average Bonchev–Trinajstić information content (AvgIpc) is 2.88. The number of aromatic nitrogens is 2. The lowest BCUT2D eigenvalue weighted by molar-refractivity contribution is 0.0850. The maximum absolute atomic E-state index is 12.4. The number of imidazole rings is 1. The smallest absolute Gasteiger partial charge is 0.407 e. The molecule has 0 radical (unpaired) electrons. The van der Waals surface area contributed by atoms with Crippen LogP contribution in [0.2, 0.25) is 0 Å². The van der Waals surface area contributed by atoms with E-state index in [1.165, 1.54) is 4.90 Å². The van der Waals surface area contributed by atoms with E-state index in [0.29, 0.717) is 19.4 Å². The van der Waals surface area contributed by atoms with Gasteiger partial charge in [-0.3, -0.25) is 4.57 Å². The van der Waals surface area contributed by atoms with Gasteiger partial charge >= 0.3 is 11.8 Å². The summed E-state index contributed by atoms with van der Waals surface area (Å²) in [5.74, 6) is 0. The summed E-state index contributed by atoms with van der Waals surface area (Å²) in [6, 6.07) is 7.60. The summed E-state index contributed by atoms with van der Waals surface area (Å²) in [7, 11) is 3.96. The molecule has 3 rings (SSSR count). The Morgan fingerprint density at radius 1 is 1.38 bits per heavy atom. The van der Waals surface area contributed by atoms with E-state index in [9.17, 15) is 14.7 Å². The normalized spacial score (nSPS) is 21.5. The number of carbonyl (C=O) groups is 1. The molecule has 0 saturated carbocycles. The fourth-order valence-corrected chi connectivity index (χ4v) is 3.63. The van der Waals surface area contributed by atoms with E-state index in [4.69, 9.17) is 0 Å². The molecule has 1 saturated heterocycles. The molecule has 24 heavy (non-hydrogen) atoms. The molecule has 2 atom stereocenters. The molecular weight excluding hydrogens is 308 g/mol. The van der Waals surface area contributed by atoms with E-state index in [1.54, 1.807) is 4.57 Å². The molecule has 0 aliphatic carbocycles. The lowest BCUT2D eigenvalue weighted by atomic mass is 9.94. The summed E-state index contributed by atoms with van der Waals surface area (Å²) in [5.41, 5.74) is 1.60. The molecule has 7 nitrogen and oxygen atoms in total. The molecule has 2 unspecified atom stereocenters. The van der Waals surface area contributed by atoms with Gasteiger partial charge in [0.25, 0.3) is 0 Å². The van der Waals surface area contributed by atoms with Crippen LogP contribution in [0.25, 0.3) is 11.0 Å². The summed E-state index contributed by atoms with van der Waals surface area (Å²) in [6.07, 6.45) is 1.23. The number of benzene rings is 1. The molecule has 1 aliphatic heterocycles. The van der Waals surface area contributed by atoms with E-state index < -0.39 is 6.09 Å². The van der Waals surface area contributed by atoms with Crippen molar-refractivity contribution >= 4 is 17.1 Å². The summed E-state index contributed by atoms with van der Waals surface area (Å²) >= 11 is 0. The van der Waals surface area contributed by atoms with Gasteiger partial charge in [-0.15, -0.1) is 0 Å². The third-order valence-corrected chi connectivity index (χ3v) is 4.83. The first-order chi connectivity index (χ1) is 11.5. The molecule has 1 aromatic carbocycles. The lowest BCUT2D eigenvalue weighted by Gasteiger charge is -2.38. The lowest BCUT2D eigenvalue weighted by Crippen LogP contribution is -2.47. The van der Waals surface area contributed by atoms with Crippen LogP contribution >= 0.6 is 0 Å². The molecule has 1 fully saturated rings. The molecule has 0 bridgehead atoms. The summed E-state index contributed by atoms with van der Waals surface area (Å²) < 4.78 is 1.80. The number of hydrogen-bond donors (Lipinski definition) is 2. The Morgan fingerprint density at radius 2 is 2.12 bits per heavy atom. The second kappa shape index (κ2) is 6.68. The van der Waals surface area contributed by atoms with Crippen LogP contribution in [0.15, 0.2) is 29.1 Å². The van der Waals surface area contributed by atoms with Gasteiger partial charge in [0, 0.05) is 18.6 Å². The third-order valence-electron chi connectivity index (χ3n) is 4.83. The first-order valence-corrected chi connectivity index (χ1v) is 8.31. The zero-order valence-electron chi connectivity index (χ0n) is 14.1. The SMILES string of the molecule is CN(C)CCC1CC(n2c(=O)[nH]c3ccccc32)CCN1C(=O)O. The van der Waals surface area contributed by atoms with Crippen molar-refractivity contribution in [1.29, 1.82) is 0 Å². The predicted octanol–water partition coefficient (Wildman–Crippen LogP) is 1.96. The number of amides is 1. The van der Waals surface area contributed by atoms with Crippen molar-refractivity contribution < 1.29 is 9.90 Å². The van der Waals surface area contributed by atoms with Gasteiger partial charge in [0.05, 0.1) is 11.0 Å². The van der Waals surface area contributed by atoms with Crippen LogP contribution in [0.1, 0.15) is 25.3 Å². The number of nitrogens with zero attached hydrogens (tertiary/aromatic N) is 3. The number of rotatable bonds is 4. The standard InChI is InChI=1S/C17H24N4O3/c1-19(2)9-7-12-11-13(8-10-20(12)17(23)24)21-15-6-4-3-5-14(15)18-16(21)22/h3-6,12-13H,7-11H2,1-2H3,(H,18,22)(H,23,24).